The fraction of sp³-hybridized carbons (Fsp3) is 0. The van der Waals surface area contributed by atoms with E-state index in [0.717, 1.165) is 0 Å². The minimum Gasteiger partial charge on any atom is -0.323 e. The van der Waals surface area contributed by atoms with Gasteiger partial charge >= 0.3 is 0 Å². The maximum Gasteiger partial charge on any atom is 0.268 e. The Kier molecular flexibility index (Phi) is 3.82. The van der Waals surface area contributed by atoms with E-state index in [4.69, 9.17) is 12.2 Å². The first-order chi connectivity index (χ1) is 12.0. The summed E-state index contributed by atoms with van der Waals surface area (Å²) < 4.78 is 28.5. The first kappa shape index (κ1) is 15.9. The third-order valence-corrected chi connectivity index (χ3v) is 5.01. The van der Waals surface area contributed by atoms with E-state index >= 15 is 0 Å². The molecular weight excluding hydrogens is 362 g/mol. The van der Waals surface area contributed by atoms with Crippen LogP contribution in [0.5, 0.6) is 0 Å². The predicted octanol–water partition coefficient (Wildman–Crippen LogP) is 5.05. The molecule has 25 heavy (non-hydrogen) atoms. The van der Waals surface area contributed by atoms with Crippen molar-refractivity contribution in [1.29, 1.82) is 0 Å². The van der Waals surface area contributed by atoms with Crippen LogP contribution in [0.2, 0.25) is 0 Å². The van der Waals surface area contributed by atoms with Crippen molar-refractivity contribution in [3.8, 4) is 16.8 Å². The first-order valence-corrected chi connectivity index (χ1v) is 8.62. The lowest BCUT2D eigenvalue weighted by Crippen LogP contribution is -2.20. The average molecular weight is 372 g/mol. The van der Waals surface area contributed by atoms with Crippen LogP contribution >= 0.6 is 23.6 Å². The molecule has 4 rings (SSSR count). The normalized spacial score (nSPS) is 11.1. The topological polar surface area (TPSA) is 37.8 Å². The number of halogens is 2. The van der Waals surface area contributed by atoms with Gasteiger partial charge in [-0.15, -0.1) is 11.3 Å². The number of hydrogen-bond donors (Lipinski definition) is 1. The van der Waals surface area contributed by atoms with Crippen LogP contribution in [0, 0.1) is 16.4 Å². The molecule has 0 aliphatic rings. The largest absolute Gasteiger partial charge is 0.323 e. The van der Waals surface area contributed by atoms with Crippen LogP contribution in [0.1, 0.15) is 0 Å². The zero-order chi connectivity index (χ0) is 17.6. The Balaban J connectivity index is 2.06. The molecule has 124 valence electrons. The number of benzene rings is 2. The molecule has 0 saturated carbocycles. The lowest BCUT2D eigenvalue weighted by Gasteiger charge is -2.07. The number of rotatable bonds is 2. The van der Waals surface area contributed by atoms with E-state index in [1.54, 1.807) is 23.6 Å². The van der Waals surface area contributed by atoms with Crippen LogP contribution in [-0.4, -0.2) is 9.55 Å². The van der Waals surface area contributed by atoms with Crippen LogP contribution < -0.4 is 5.56 Å². The van der Waals surface area contributed by atoms with E-state index in [2.05, 4.69) is 4.98 Å². The van der Waals surface area contributed by atoms with Crippen molar-refractivity contribution in [1.82, 2.24) is 9.55 Å². The maximum atomic E-state index is 13.6. The van der Waals surface area contributed by atoms with Crippen LogP contribution in [0.3, 0.4) is 0 Å². The molecule has 0 amide bonds. The second kappa shape index (κ2) is 6.02. The number of nitrogens with one attached hydrogen (secondary N) is 1. The maximum absolute atomic E-state index is 13.6. The minimum absolute atomic E-state index is 0.177. The minimum atomic E-state index is -0.463. The van der Waals surface area contributed by atoms with Gasteiger partial charge in [-0.2, -0.15) is 0 Å². The standard InChI is InChI=1S/C18H10F2N2OS2/c19-11-4-1-3-10(7-11)14-9-25-16-15(14)17(23)22(18(24)21-16)13-6-2-5-12(20)8-13/h1-9H,(H,21,24). The predicted molar refractivity (Wildman–Crippen MR) is 98.0 cm³/mol. The molecule has 0 spiro atoms. The summed E-state index contributed by atoms with van der Waals surface area (Å²) in [6, 6.07) is 11.7. The monoisotopic (exact) mass is 372 g/mol. The third-order valence-electron chi connectivity index (χ3n) is 3.83. The van der Waals surface area contributed by atoms with E-state index in [9.17, 15) is 13.6 Å². The summed E-state index contributed by atoms with van der Waals surface area (Å²) in [5, 5.41) is 2.18. The Bertz CT molecular complexity index is 1220. The summed E-state index contributed by atoms with van der Waals surface area (Å²) in [6.45, 7) is 0. The van der Waals surface area contributed by atoms with Gasteiger partial charge in [-0.05, 0) is 48.1 Å². The van der Waals surface area contributed by atoms with Gasteiger partial charge in [0.25, 0.3) is 5.56 Å². The number of nitrogens with zero attached hydrogens (tertiary/aromatic N) is 1. The molecule has 2 aromatic heterocycles. The molecule has 4 aromatic rings. The Hall–Kier alpha value is -2.64. The van der Waals surface area contributed by atoms with Crippen molar-refractivity contribution in [3.63, 3.8) is 0 Å². The van der Waals surface area contributed by atoms with Gasteiger partial charge in [-0.1, -0.05) is 18.2 Å². The van der Waals surface area contributed by atoms with Crippen LogP contribution in [0.4, 0.5) is 8.78 Å². The van der Waals surface area contributed by atoms with Gasteiger partial charge in [0.15, 0.2) is 4.77 Å². The quantitative estimate of drug-likeness (QED) is 0.500. The van der Waals surface area contributed by atoms with Crippen LogP contribution in [0.25, 0.3) is 27.0 Å². The van der Waals surface area contributed by atoms with Crippen molar-refractivity contribution in [3.05, 3.63) is 80.7 Å². The van der Waals surface area contributed by atoms with Gasteiger partial charge in [0.1, 0.15) is 16.5 Å². The Labute approximate surface area is 149 Å². The second-order valence-corrected chi connectivity index (χ2v) is 6.68. The number of aromatic nitrogens is 2. The molecule has 0 radical (unpaired) electrons. The van der Waals surface area contributed by atoms with Crippen LogP contribution in [-0.2, 0) is 0 Å². The molecule has 1 N–H and O–H groups in total. The molecular formula is C18H10F2N2OS2. The highest BCUT2D eigenvalue weighted by Crippen LogP contribution is 2.31. The van der Waals surface area contributed by atoms with Crippen molar-refractivity contribution >= 4 is 33.8 Å². The molecule has 0 bridgehead atoms. The molecule has 0 aliphatic carbocycles. The first-order valence-electron chi connectivity index (χ1n) is 7.33. The highest BCUT2D eigenvalue weighted by Gasteiger charge is 2.15. The van der Waals surface area contributed by atoms with Crippen molar-refractivity contribution < 1.29 is 8.78 Å². The summed E-state index contributed by atoms with van der Waals surface area (Å²) in [6.07, 6.45) is 0. The average Bonchev–Trinajstić information content (AvgIpc) is 2.99. The van der Waals surface area contributed by atoms with Gasteiger partial charge in [0.05, 0.1) is 11.1 Å². The molecule has 2 aromatic carbocycles. The van der Waals surface area contributed by atoms with Gasteiger partial charge in [0, 0.05) is 10.9 Å². The van der Waals surface area contributed by atoms with Gasteiger partial charge in [-0.3, -0.25) is 9.36 Å². The van der Waals surface area contributed by atoms with Gasteiger partial charge < -0.3 is 4.98 Å². The summed E-state index contributed by atoms with van der Waals surface area (Å²) >= 11 is 6.59. The molecule has 0 unspecified atom stereocenters. The third kappa shape index (κ3) is 2.71. The number of fused-ring (bicyclic) bond motifs is 1. The molecule has 0 saturated heterocycles. The number of thiophene rings is 1. The van der Waals surface area contributed by atoms with Crippen molar-refractivity contribution in [2.24, 2.45) is 0 Å². The smallest absolute Gasteiger partial charge is 0.268 e. The zero-order valence-electron chi connectivity index (χ0n) is 12.6. The lowest BCUT2D eigenvalue weighted by atomic mass is 10.1. The summed E-state index contributed by atoms with van der Waals surface area (Å²) in [7, 11) is 0. The van der Waals surface area contributed by atoms with Gasteiger partial charge in [-0.25, -0.2) is 8.78 Å². The van der Waals surface area contributed by atoms with E-state index in [1.807, 2.05) is 0 Å². The number of H-pyrrole nitrogens is 1. The Morgan fingerprint density at radius 3 is 2.48 bits per heavy atom. The lowest BCUT2D eigenvalue weighted by molar-refractivity contribution is 0.626. The summed E-state index contributed by atoms with van der Waals surface area (Å²) in [5.74, 6) is -0.847. The van der Waals surface area contributed by atoms with Crippen molar-refractivity contribution in [2.45, 2.75) is 0 Å². The molecule has 7 heteroatoms. The number of aromatic amines is 1. The number of hydrogen-bond acceptors (Lipinski definition) is 3. The van der Waals surface area contributed by atoms with Crippen LogP contribution in [0.15, 0.2) is 58.7 Å². The molecule has 0 atom stereocenters. The molecule has 2 heterocycles. The molecule has 3 nitrogen and oxygen atoms in total. The van der Waals surface area contributed by atoms with E-state index in [-0.39, 0.29) is 16.1 Å². The SMILES string of the molecule is O=c1c2c(-c3cccc(F)c3)csc2[nH]c(=S)n1-c1cccc(F)c1. The Morgan fingerprint density at radius 2 is 1.76 bits per heavy atom. The summed E-state index contributed by atoms with van der Waals surface area (Å²) in [5.41, 5.74) is 1.18. The van der Waals surface area contributed by atoms with E-state index in [0.29, 0.717) is 27.0 Å². The van der Waals surface area contributed by atoms with E-state index in [1.165, 1.54) is 46.2 Å². The highest BCUT2D eigenvalue weighted by molar-refractivity contribution is 7.71. The van der Waals surface area contributed by atoms with Gasteiger partial charge in [0.2, 0.25) is 0 Å². The zero-order valence-corrected chi connectivity index (χ0v) is 14.3. The Morgan fingerprint density at radius 1 is 1.04 bits per heavy atom. The van der Waals surface area contributed by atoms with Crippen molar-refractivity contribution in [2.75, 3.05) is 0 Å². The molecule has 0 fully saturated rings. The fourth-order valence-electron chi connectivity index (χ4n) is 2.74. The fourth-order valence-corrected chi connectivity index (χ4v) is 4.05. The summed E-state index contributed by atoms with van der Waals surface area (Å²) in [4.78, 5) is 16.7. The second-order valence-electron chi connectivity index (χ2n) is 5.41. The highest BCUT2D eigenvalue weighted by atomic mass is 32.1. The van der Waals surface area contributed by atoms with E-state index < -0.39 is 5.82 Å². The molecule has 0 aliphatic heterocycles.